The summed E-state index contributed by atoms with van der Waals surface area (Å²) in [6.45, 7) is 5.86. The summed E-state index contributed by atoms with van der Waals surface area (Å²) < 4.78 is 6.58. The maximum absolute atomic E-state index is 6.58. The number of ether oxygens (including phenoxy) is 1. The average molecular weight is 418 g/mol. The second-order valence-electron chi connectivity index (χ2n) is 8.05. The summed E-state index contributed by atoms with van der Waals surface area (Å²) in [5.74, 6) is 0.920. The van der Waals surface area contributed by atoms with Gasteiger partial charge in [-0.1, -0.05) is 92.2 Å². The van der Waals surface area contributed by atoms with Gasteiger partial charge < -0.3 is 4.74 Å². The Morgan fingerprint density at radius 1 is 0.900 bits per heavy atom. The van der Waals surface area contributed by atoms with Gasteiger partial charge in [-0.3, -0.25) is 4.90 Å². The molecule has 4 rings (SSSR count). The van der Waals surface area contributed by atoms with E-state index in [1.54, 1.807) is 0 Å². The third kappa shape index (κ3) is 5.15. The largest absolute Gasteiger partial charge is 0.367 e. The molecule has 0 aliphatic carbocycles. The number of thioether (sulfide) groups is 1. The van der Waals surface area contributed by atoms with E-state index in [4.69, 9.17) is 4.74 Å². The number of hydrogen-bond acceptors (Lipinski definition) is 3. The molecule has 0 spiro atoms. The van der Waals surface area contributed by atoms with Crippen molar-refractivity contribution < 1.29 is 4.74 Å². The topological polar surface area (TPSA) is 12.5 Å². The predicted octanol–water partition coefficient (Wildman–Crippen LogP) is 6.16. The molecule has 0 amide bonds. The molecule has 156 valence electrons. The Bertz CT molecular complexity index is 914. The van der Waals surface area contributed by atoms with Crippen molar-refractivity contribution >= 4 is 11.8 Å². The lowest BCUT2D eigenvalue weighted by Gasteiger charge is -2.43. The highest BCUT2D eigenvalue weighted by Gasteiger charge is 2.38. The van der Waals surface area contributed by atoms with Crippen LogP contribution >= 0.6 is 11.8 Å². The van der Waals surface area contributed by atoms with Gasteiger partial charge in [0.1, 0.15) is 5.60 Å². The van der Waals surface area contributed by atoms with Crippen LogP contribution in [0.25, 0.3) is 0 Å². The summed E-state index contributed by atoms with van der Waals surface area (Å²) in [5.41, 5.74) is 3.80. The third-order valence-corrected chi connectivity index (χ3v) is 7.09. The van der Waals surface area contributed by atoms with Crippen molar-refractivity contribution in [1.29, 1.82) is 0 Å². The highest BCUT2D eigenvalue weighted by molar-refractivity contribution is 7.99. The van der Waals surface area contributed by atoms with Crippen LogP contribution in [0.5, 0.6) is 0 Å². The van der Waals surface area contributed by atoms with Gasteiger partial charge in [0, 0.05) is 30.3 Å². The van der Waals surface area contributed by atoms with Gasteiger partial charge in [-0.2, -0.15) is 0 Å². The Labute approximate surface area is 185 Å². The van der Waals surface area contributed by atoms with Gasteiger partial charge in [0.15, 0.2) is 0 Å². The Morgan fingerprint density at radius 2 is 1.60 bits per heavy atom. The predicted molar refractivity (Wildman–Crippen MR) is 127 cm³/mol. The molecule has 0 N–H and O–H groups in total. The SMILES string of the molecule is CCCc1ccccc1SC[C@@]1(c2ccccc2)CN(Cc2ccccc2)CCO1. The van der Waals surface area contributed by atoms with Crippen molar-refractivity contribution in [3.63, 3.8) is 0 Å². The lowest BCUT2D eigenvalue weighted by molar-refractivity contribution is -0.102. The zero-order valence-corrected chi connectivity index (χ0v) is 18.6. The minimum absolute atomic E-state index is 0.293. The molecule has 30 heavy (non-hydrogen) atoms. The molecule has 3 heteroatoms. The molecule has 2 nitrogen and oxygen atoms in total. The Balaban J connectivity index is 1.57. The number of rotatable bonds is 8. The van der Waals surface area contributed by atoms with E-state index in [-0.39, 0.29) is 5.60 Å². The molecule has 3 aromatic carbocycles. The van der Waals surface area contributed by atoms with Crippen molar-refractivity contribution in [1.82, 2.24) is 4.90 Å². The fraction of sp³-hybridized carbons (Fsp3) is 0.333. The molecule has 1 aliphatic rings. The zero-order valence-electron chi connectivity index (χ0n) is 17.8. The molecule has 3 aromatic rings. The number of benzene rings is 3. The van der Waals surface area contributed by atoms with E-state index in [1.165, 1.54) is 28.0 Å². The molecular weight excluding hydrogens is 386 g/mol. The van der Waals surface area contributed by atoms with E-state index in [1.807, 2.05) is 11.8 Å². The highest BCUT2D eigenvalue weighted by Crippen LogP contribution is 2.37. The number of nitrogens with zero attached hydrogens (tertiary/aromatic N) is 1. The minimum atomic E-state index is -0.293. The Kier molecular flexibility index (Phi) is 7.27. The third-order valence-electron chi connectivity index (χ3n) is 5.77. The molecule has 0 radical (unpaired) electrons. The van der Waals surface area contributed by atoms with Crippen LogP contribution < -0.4 is 0 Å². The van der Waals surface area contributed by atoms with Gasteiger partial charge in [-0.25, -0.2) is 0 Å². The standard InChI is InChI=1S/C27H31NOS/c1-2-11-24-14-9-10-17-26(24)30-22-27(25-15-7-4-8-16-25)21-28(18-19-29-27)20-23-12-5-3-6-13-23/h3-10,12-17H,2,11,18-22H2,1H3/t27-/m1/s1. The molecule has 0 unspecified atom stereocenters. The van der Waals surface area contributed by atoms with Crippen LogP contribution in [-0.4, -0.2) is 30.3 Å². The van der Waals surface area contributed by atoms with Crippen LogP contribution in [-0.2, 0) is 23.3 Å². The zero-order chi connectivity index (χ0) is 20.7. The summed E-state index contributed by atoms with van der Waals surface area (Å²) in [6, 6.07) is 30.4. The number of morpholine rings is 1. The van der Waals surface area contributed by atoms with E-state index < -0.39 is 0 Å². The smallest absolute Gasteiger partial charge is 0.115 e. The fourth-order valence-corrected chi connectivity index (χ4v) is 5.49. The molecule has 0 aromatic heterocycles. The van der Waals surface area contributed by atoms with Crippen molar-refractivity contribution in [3.8, 4) is 0 Å². The van der Waals surface area contributed by atoms with E-state index in [0.29, 0.717) is 0 Å². The van der Waals surface area contributed by atoms with Crippen molar-refractivity contribution in [2.45, 2.75) is 36.8 Å². The first kappa shape index (κ1) is 21.2. The van der Waals surface area contributed by atoms with E-state index in [0.717, 1.165) is 38.4 Å². The second-order valence-corrected chi connectivity index (χ2v) is 9.07. The summed E-state index contributed by atoms with van der Waals surface area (Å²) in [6.07, 6.45) is 2.30. The first-order valence-corrected chi connectivity index (χ1v) is 11.9. The molecule has 0 saturated carbocycles. The van der Waals surface area contributed by atoms with Crippen LogP contribution in [0.15, 0.2) is 89.8 Å². The van der Waals surface area contributed by atoms with Gasteiger partial charge in [0.05, 0.1) is 6.61 Å². The van der Waals surface area contributed by atoms with Gasteiger partial charge in [-0.05, 0) is 29.2 Å². The fourth-order valence-electron chi connectivity index (χ4n) is 4.23. The van der Waals surface area contributed by atoms with Crippen LogP contribution in [0.1, 0.15) is 30.0 Å². The number of aryl methyl sites for hydroxylation is 1. The molecule has 1 fully saturated rings. The van der Waals surface area contributed by atoms with Crippen LogP contribution in [0.2, 0.25) is 0 Å². The molecule has 1 heterocycles. The average Bonchev–Trinajstić information content (AvgIpc) is 2.80. The van der Waals surface area contributed by atoms with Crippen LogP contribution in [0.3, 0.4) is 0 Å². The second kappa shape index (κ2) is 10.3. The van der Waals surface area contributed by atoms with Gasteiger partial charge in [0.25, 0.3) is 0 Å². The lowest BCUT2D eigenvalue weighted by atomic mass is 9.93. The molecule has 1 saturated heterocycles. The van der Waals surface area contributed by atoms with Crippen molar-refractivity contribution in [2.24, 2.45) is 0 Å². The van der Waals surface area contributed by atoms with Crippen molar-refractivity contribution in [3.05, 3.63) is 102 Å². The minimum Gasteiger partial charge on any atom is -0.367 e. The molecular formula is C27H31NOS. The first-order valence-electron chi connectivity index (χ1n) is 11.0. The lowest BCUT2D eigenvalue weighted by Crippen LogP contribution is -2.51. The van der Waals surface area contributed by atoms with Crippen LogP contribution in [0, 0.1) is 0 Å². The summed E-state index contributed by atoms with van der Waals surface area (Å²) in [4.78, 5) is 3.93. The van der Waals surface area contributed by atoms with Crippen molar-refractivity contribution in [2.75, 3.05) is 25.4 Å². The van der Waals surface area contributed by atoms with Gasteiger partial charge >= 0.3 is 0 Å². The quantitative estimate of drug-likeness (QED) is 0.407. The van der Waals surface area contributed by atoms with Crippen LogP contribution in [0.4, 0.5) is 0 Å². The van der Waals surface area contributed by atoms with E-state index >= 15 is 0 Å². The normalized spacial score (nSPS) is 19.6. The first-order chi connectivity index (χ1) is 14.8. The van der Waals surface area contributed by atoms with Gasteiger partial charge in [0.2, 0.25) is 0 Å². The van der Waals surface area contributed by atoms with E-state index in [9.17, 15) is 0 Å². The monoisotopic (exact) mass is 417 g/mol. The highest BCUT2D eigenvalue weighted by atomic mass is 32.2. The summed E-state index contributed by atoms with van der Waals surface area (Å²) in [5, 5.41) is 0. The Morgan fingerprint density at radius 3 is 2.37 bits per heavy atom. The maximum atomic E-state index is 6.58. The summed E-state index contributed by atoms with van der Waals surface area (Å²) >= 11 is 1.94. The molecule has 0 bridgehead atoms. The molecule has 1 aliphatic heterocycles. The molecule has 1 atom stereocenters. The Hall–Kier alpha value is -2.07. The maximum Gasteiger partial charge on any atom is 0.115 e. The summed E-state index contributed by atoms with van der Waals surface area (Å²) in [7, 11) is 0. The number of hydrogen-bond donors (Lipinski definition) is 0. The van der Waals surface area contributed by atoms with Gasteiger partial charge in [-0.15, -0.1) is 11.8 Å². The van der Waals surface area contributed by atoms with E-state index in [2.05, 4.69) is 96.8 Å².